The van der Waals surface area contributed by atoms with Gasteiger partial charge in [-0.2, -0.15) is 0 Å². The zero-order chi connectivity index (χ0) is 20.4. The van der Waals surface area contributed by atoms with E-state index in [0.717, 1.165) is 17.7 Å². The number of nitrogens with zero attached hydrogens (tertiary/aromatic N) is 1. The van der Waals surface area contributed by atoms with Crippen LogP contribution in [0, 0.1) is 0 Å². The number of hydrogen-bond donors (Lipinski definition) is 2. The molecule has 0 aliphatic carbocycles. The van der Waals surface area contributed by atoms with E-state index in [9.17, 15) is 8.42 Å². The van der Waals surface area contributed by atoms with E-state index in [0.29, 0.717) is 35.4 Å². The molecule has 0 aromatic heterocycles. The van der Waals surface area contributed by atoms with Gasteiger partial charge in [0.15, 0.2) is 15.8 Å². The van der Waals surface area contributed by atoms with Crippen LogP contribution >= 0.6 is 35.6 Å². The highest BCUT2D eigenvalue weighted by molar-refractivity contribution is 14.0. The molecule has 0 heterocycles. The van der Waals surface area contributed by atoms with Crippen LogP contribution in [0.15, 0.2) is 58.4 Å². The fourth-order valence-electron chi connectivity index (χ4n) is 2.61. The molecule has 2 N–H and O–H groups in total. The lowest BCUT2D eigenvalue weighted by Gasteiger charge is -2.13. The average Bonchev–Trinajstić information content (AvgIpc) is 2.71. The van der Waals surface area contributed by atoms with Gasteiger partial charge in [0.25, 0.3) is 0 Å². The van der Waals surface area contributed by atoms with Gasteiger partial charge in [-0.1, -0.05) is 35.9 Å². The number of sulfone groups is 1. The Labute approximate surface area is 195 Å². The van der Waals surface area contributed by atoms with Crippen LogP contribution in [-0.4, -0.2) is 47.4 Å². The van der Waals surface area contributed by atoms with Gasteiger partial charge in [0.05, 0.1) is 17.8 Å². The monoisotopic (exact) mass is 551 g/mol. The number of guanidine groups is 1. The Morgan fingerprint density at radius 1 is 1.10 bits per heavy atom. The maximum absolute atomic E-state index is 12.3. The second kappa shape index (κ2) is 12.9. The van der Waals surface area contributed by atoms with Gasteiger partial charge in [0.1, 0.15) is 5.75 Å². The fourth-order valence-corrected chi connectivity index (χ4v) is 4.21. The second-order valence-electron chi connectivity index (χ2n) is 6.12. The first kappa shape index (κ1) is 25.5. The van der Waals surface area contributed by atoms with E-state index >= 15 is 0 Å². The molecule has 0 spiro atoms. The maximum atomic E-state index is 12.3. The van der Waals surface area contributed by atoms with E-state index in [1.807, 2.05) is 12.1 Å². The lowest BCUT2D eigenvalue weighted by molar-refractivity contribution is 0.414. The topological polar surface area (TPSA) is 79.8 Å². The minimum absolute atomic E-state index is 0. The van der Waals surface area contributed by atoms with Crippen LogP contribution in [0.1, 0.15) is 12.0 Å². The Balaban J connectivity index is 0.00000420. The third-order valence-electron chi connectivity index (χ3n) is 4.16. The first-order valence-electron chi connectivity index (χ1n) is 9.01. The standard InChI is InChI=1S/C20H26ClN3O3S.HI/c1-22-20(24-13-11-16-9-10-17(27-2)15-19(16)21)23-12-6-14-28(25,26)18-7-4-3-5-8-18;/h3-5,7-10,15H,6,11-14H2,1-2H3,(H2,22,23,24);1H. The van der Waals surface area contributed by atoms with Crippen molar-refractivity contribution in [2.75, 3.05) is 33.0 Å². The van der Waals surface area contributed by atoms with Crippen molar-refractivity contribution >= 4 is 51.4 Å². The zero-order valence-corrected chi connectivity index (χ0v) is 20.4. The normalized spacial score (nSPS) is 11.5. The number of aliphatic imine (C=N–C) groups is 1. The highest BCUT2D eigenvalue weighted by Crippen LogP contribution is 2.22. The number of benzene rings is 2. The molecule has 0 saturated heterocycles. The molecule has 6 nitrogen and oxygen atoms in total. The Morgan fingerprint density at radius 3 is 2.41 bits per heavy atom. The lowest BCUT2D eigenvalue weighted by Crippen LogP contribution is -2.39. The summed E-state index contributed by atoms with van der Waals surface area (Å²) in [7, 11) is 0.0281. The fraction of sp³-hybridized carbons (Fsp3) is 0.350. The van der Waals surface area contributed by atoms with Crippen LogP contribution in [0.25, 0.3) is 0 Å². The van der Waals surface area contributed by atoms with E-state index in [4.69, 9.17) is 16.3 Å². The summed E-state index contributed by atoms with van der Waals surface area (Å²) in [5, 5.41) is 7.00. The molecule has 9 heteroatoms. The van der Waals surface area contributed by atoms with Crippen molar-refractivity contribution in [3.63, 3.8) is 0 Å². The number of nitrogens with one attached hydrogen (secondary N) is 2. The lowest BCUT2D eigenvalue weighted by atomic mass is 10.1. The van der Waals surface area contributed by atoms with E-state index in [-0.39, 0.29) is 29.7 Å². The summed E-state index contributed by atoms with van der Waals surface area (Å²) < 4.78 is 29.7. The van der Waals surface area contributed by atoms with Gasteiger partial charge in [-0.3, -0.25) is 4.99 Å². The van der Waals surface area contributed by atoms with Gasteiger partial charge in [0, 0.05) is 25.2 Å². The van der Waals surface area contributed by atoms with Gasteiger partial charge in [-0.15, -0.1) is 24.0 Å². The summed E-state index contributed by atoms with van der Waals surface area (Å²) >= 11 is 6.24. The molecule has 0 atom stereocenters. The Kier molecular flexibility index (Phi) is 11.4. The zero-order valence-electron chi connectivity index (χ0n) is 16.5. The molecule has 0 unspecified atom stereocenters. The van der Waals surface area contributed by atoms with Crippen molar-refractivity contribution in [3.8, 4) is 5.75 Å². The third kappa shape index (κ3) is 8.39. The van der Waals surface area contributed by atoms with Crippen molar-refractivity contribution < 1.29 is 13.2 Å². The first-order valence-corrected chi connectivity index (χ1v) is 11.0. The van der Waals surface area contributed by atoms with Gasteiger partial charge in [-0.05, 0) is 42.7 Å². The molecule has 2 aromatic carbocycles. The molecular weight excluding hydrogens is 525 g/mol. The van der Waals surface area contributed by atoms with Crippen LogP contribution in [0.5, 0.6) is 5.75 Å². The third-order valence-corrected chi connectivity index (χ3v) is 6.32. The first-order chi connectivity index (χ1) is 13.5. The smallest absolute Gasteiger partial charge is 0.190 e. The number of halogens is 2. The molecule has 0 saturated carbocycles. The molecule has 29 heavy (non-hydrogen) atoms. The number of ether oxygens (including phenoxy) is 1. The second-order valence-corrected chi connectivity index (χ2v) is 8.63. The highest BCUT2D eigenvalue weighted by atomic mass is 127. The van der Waals surface area contributed by atoms with Crippen molar-refractivity contribution in [1.82, 2.24) is 10.6 Å². The summed E-state index contributed by atoms with van der Waals surface area (Å²) in [5.41, 5.74) is 1.01. The summed E-state index contributed by atoms with van der Waals surface area (Å²) in [4.78, 5) is 4.51. The average molecular weight is 552 g/mol. The predicted octanol–water partition coefficient (Wildman–Crippen LogP) is 3.54. The summed E-state index contributed by atoms with van der Waals surface area (Å²) in [6.07, 6.45) is 1.22. The number of hydrogen-bond acceptors (Lipinski definition) is 4. The van der Waals surface area contributed by atoms with E-state index in [2.05, 4.69) is 15.6 Å². The number of methoxy groups -OCH3 is 1. The highest BCUT2D eigenvalue weighted by Gasteiger charge is 2.13. The van der Waals surface area contributed by atoms with Gasteiger partial charge in [0.2, 0.25) is 0 Å². The quantitative estimate of drug-likeness (QED) is 0.216. The van der Waals surface area contributed by atoms with Crippen molar-refractivity contribution in [3.05, 3.63) is 59.1 Å². The van der Waals surface area contributed by atoms with Gasteiger partial charge >= 0.3 is 0 Å². The minimum Gasteiger partial charge on any atom is -0.497 e. The summed E-state index contributed by atoms with van der Waals surface area (Å²) in [6, 6.07) is 14.1. The van der Waals surface area contributed by atoms with E-state index < -0.39 is 9.84 Å². The Morgan fingerprint density at radius 2 is 1.79 bits per heavy atom. The van der Waals surface area contributed by atoms with Crippen LogP contribution in [-0.2, 0) is 16.3 Å². The van der Waals surface area contributed by atoms with Crippen molar-refractivity contribution in [1.29, 1.82) is 0 Å². The van der Waals surface area contributed by atoms with Crippen LogP contribution < -0.4 is 15.4 Å². The van der Waals surface area contributed by atoms with Gasteiger partial charge in [-0.25, -0.2) is 8.42 Å². The van der Waals surface area contributed by atoms with Crippen LogP contribution in [0.2, 0.25) is 5.02 Å². The molecule has 0 fully saturated rings. The molecule has 0 bridgehead atoms. The minimum atomic E-state index is -3.25. The van der Waals surface area contributed by atoms with E-state index in [1.165, 1.54) is 0 Å². The molecule has 0 aliphatic heterocycles. The predicted molar refractivity (Wildman–Crippen MR) is 130 cm³/mol. The molecular formula is C20H27ClIN3O3S. The summed E-state index contributed by atoms with van der Waals surface area (Å²) in [5.74, 6) is 1.44. The molecule has 2 rings (SSSR count). The molecule has 160 valence electrons. The molecule has 0 radical (unpaired) electrons. The largest absolute Gasteiger partial charge is 0.497 e. The number of rotatable bonds is 9. The van der Waals surface area contributed by atoms with Crippen LogP contribution in [0.3, 0.4) is 0 Å². The molecule has 0 aliphatic rings. The molecule has 2 aromatic rings. The van der Waals surface area contributed by atoms with Gasteiger partial charge < -0.3 is 15.4 Å². The van der Waals surface area contributed by atoms with E-state index in [1.54, 1.807) is 50.6 Å². The molecule has 0 amide bonds. The van der Waals surface area contributed by atoms with Crippen molar-refractivity contribution in [2.24, 2.45) is 4.99 Å². The van der Waals surface area contributed by atoms with Crippen LogP contribution in [0.4, 0.5) is 0 Å². The van der Waals surface area contributed by atoms with Crippen molar-refractivity contribution in [2.45, 2.75) is 17.7 Å². The maximum Gasteiger partial charge on any atom is 0.190 e. The Hall–Kier alpha value is -1.52. The SMILES string of the molecule is CN=C(NCCCS(=O)(=O)c1ccccc1)NCCc1ccc(OC)cc1Cl.I. The Bertz CT molecular complexity index is 893. The summed E-state index contributed by atoms with van der Waals surface area (Å²) in [6.45, 7) is 1.16.